The summed E-state index contributed by atoms with van der Waals surface area (Å²) in [6, 6.07) is 14.5. The lowest BCUT2D eigenvalue weighted by Gasteiger charge is -2.28. The van der Waals surface area contributed by atoms with Crippen molar-refractivity contribution in [2.45, 2.75) is 34.8 Å². The largest absolute Gasteiger partial charge is 0.306 e. The molecule has 0 amide bonds. The molecule has 1 N–H and O–H groups in total. The van der Waals surface area contributed by atoms with E-state index in [2.05, 4.69) is 16.7 Å². The highest BCUT2D eigenvalue weighted by molar-refractivity contribution is 8.00. The second-order valence-corrected chi connectivity index (χ2v) is 9.62. The van der Waals surface area contributed by atoms with Gasteiger partial charge in [0.05, 0.1) is 4.90 Å². The average molecular weight is 377 g/mol. The summed E-state index contributed by atoms with van der Waals surface area (Å²) in [5.74, 6) is 0. The first-order valence-electron chi connectivity index (χ1n) is 8.47. The van der Waals surface area contributed by atoms with Crippen molar-refractivity contribution in [2.75, 3.05) is 24.9 Å². The minimum atomic E-state index is -3.54. The molecule has 0 aromatic heterocycles. The van der Waals surface area contributed by atoms with Gasteiger partial charge in [-0.3, -0.25) is 4.72 Å². The van der Waals surface area contributed by atoms with Crippen molar-refractivity contribution in [3.05, 3.63) is 54.1 Å². The van der Waals surface area contributed by atoms with Crippen LogP contribution in [0.1, 0.15) is 18.4 Å². The first kappa shape index (κ1) is 18.3. The molecule has 3 rings (SSSR count). The van der Waals surface area contributed by atoms with Crippen LogP contribution in [0.4, 0.5) is 5.69 Å². The minimum absolute atomic E-state index is 0.280. The van der Waals surface area contributed by atoms with Crippen LogP contribution in [0, 0.1) is 6.92 Å². The van der Waals surface area contributed by atoms with Crippen LogP contribution in [0.5, 0.6) is 0 Å². The number of piperidine rings is 1. The Balaban J connectivity index is 1.63. The van der Waals surface area contributed by atoms with Crippen molar-refractivity contribution in [3.63, 3.8) is 0 Å². The molecule has 1 heterocycles. The number of sulfonamides is 1. The summed E-state index contributed by atoms with van der Waals surface area (Å²) in [7, 11) is -1.38. The van der Waals surface area contributed by atoms with Crippen LogP contribution in [0.3, 0.4) is 0 Å². The normalized spacial score (nSPS) is 16.7. The van der Waals surface area contributed by atoms with Gasteiger partial charge in [0.1, 0.15) is 0 Å². The molecule has 6 heteroatoms. The standard InChI is InChI=1S/C19H24N2O2S2/c1-15-3-9-19(10-4-15)25(22,23)20-16-5-7-17(8-6-16)24-18-11-13-21(2)14-12-18/h3-10,18,20H,11-14H2,1-2H3. The molecular weight excluding hydrogens is 352 g/mol. The maximum absolute atomic E-state index is 12.4. The highest BCUT2D eigenvalue weighted by atomic mass is 32.2. The highest BCUT2D eigenvalue weighted by Crippen LogP contribution is 2.31. The van der Waals surface area contributed by atoms with E-state index in [0.717, 1.165) is 18.7 Å². The third-order valence-corrected chi connectivity index (χ3v) is 7.15. The molecule has 1 aliphatic rings. The van der Waals surface area contributed by atoms with E-state index in [1.807, 2.05) is 43.0 Å². The molecule has 0 saturated carbocycles. The van der Waals surface area contributed by atoms with Crippen LogP contribution in [0.15, 0.2) is 58.3 Å². The quantitative estimate of drug-likeness (QED) is 0.857. The number of benzene rings is 2. The number of hydrogen-bond donors (Lipinski definition) is 1. The third-order valence-electron chi connectivity index (χ3n) is 4.41. The molecular formula is C19H24N2O2S2. The molecule has 0 aliphatic carbocycles. The van der Waals surface area contributed by atoms with Crippen molar-refractivity contribution in [3.8, 4) is 0 Å². The van der Waals surface area contributed by atoms with Gasteiger partial charge in [-0.25, -0.2) is 8.42 Å². The SMILES string of the molecule is Cc1ccc(S(=O)(=O)Nc2ccc(SC3CCN(C)CC3)cc2)cc1. The van der Waals surface area contributed by atoms with Crippen molar-refractivity contribution in [2.24, 2.45) is 0 Å². The number of nitrogens with zero attached hydrogens (tertiary/aromatic N) is 1. The minimum Gasteiger partial charge on any atom is -0.306 e. The summed E-state index contributed by atoms with van der Waals surface area (Å²) in [5, 5.41) is 0.645. The van der Waals surface area contributed by atoms with Crippen molar-refractivity contribution >= 4 is 27.5 Å². The first-order valence-corrected chi connectivity index (χ1v) is 10.8. The van der Waals surface area contributed by atoms with Gasteiger partial charge in [0.15, 0.2) is 0 Å². The van der Waals surface area contributed by atoms with Crippen LogP contribution in [-0.2, 0) is 10.0 Å². The number of anilines is 1. The van der Waals surface area contributed by atoms with Crippen molar-refractivity contribution in [1.82, 2.24) is 4.90 Å². The second kappa shape index (κ2) is 7.81. The van der Waals surface area contributed by atoms with Gasteiger partial charge in [-0.15, -0.1) is 11.8 Å². The van der Waals surface area contributed by atoms with E-state index < -0.39 is 10.0 Å². The summed E-state index contributed by atoms with van der Waals surface area (Å²) < 4.78 is 27.5. The average Bonchev–Trinajstić information content (AvgIpc) is 2.59. The monoisotopic (exact) mass is 376 g/mol. The summed E-state index contributed by atoms with van der Waals surface area (Å²) in [4.78, 5) is 3.83. The molecule has 1 aliphatic heterocycles. The zero-order chi connectivity index (χ0) is 17.9. The van der Waals surface area contributed by atoms with Crippen LogP contribution in [0.2, 0.25) is 0 Å². The van der Waals surface area contributed by atoms with Gasteiger partial charge >= 0.3 is 0 Å². The predicted octanol–water partition coefficient (Wildman–Crippen LogP) is 3.98. The summed E-state index contributed by atoms with van der Waals surface area (Å²) in [6.45, 7) is 4.22. The maximum atomic E-state index is 12.4. The van der Waals surface area contributed by atoms with Crippen molar-refractivity contribution < 1.29 is 8.42 Å². The molecule has 1 saturated heterocycles. The number of aryl methyl sites for hydroxylation is 1. The Morgan fingerprint density at radius 2 is 1.60 bits per heavy atom. The Hall–Kier alpha value is -1.50. The van der Waals surface area contributed by atoms with Crippen LogP contribution < -0.4 is 4.72 Å². The molecule has 0 atom stereocenters. The molecule has 0 spiro atoms. The van der Waals surface area contributed by atoms with Gasteiger partial charge in [-0.2, -0.15) is 0 Å². The number of hydrogen-bond acceptors (Lipinski definition) is 4. The second-order valence-electron chi connectivity index (χ2n) is 6.56. The molecule has 1 fully saturated rings. The van der Waals surface area contributed by atoms with Crippen LogP contribution in [-0.4, -0.2) is 38.7 Å². The summed E-state index contributed by atoms with van der Waals surface area (Å²) in [5.41, 5.74) is 1.63. The molecule has 2 aromatic carbocycles. The van der Waals surface area contributed by atoms with E-state index in [-0.39, 0.29) is 4.90 Å². The lowest BCUT2D eigenvalue weighted by molar-refractivity contribution is 0.282. The number of nitrogens with one attached hydrogen (secondary N) is 1. The smallest absolute Gasteiger partial charge is 0.261 e. The van der Waals surface area contributed by atoms with Crippen LogP contribution in [0.25, 0.3) is 0 Å². The van der Waals surface area contributed by atoms with Gasteiger partial charge in [0, 0.05) is 15.8 Å². The maximum Gasteiger partial charge on any atom is 0.261 e. The molecule has 0 radical (unpaired) electrons. The number of likely N-dealkylation sites (tertiary alicyclic amines) is 1. The Morgan fingerprint density at radius 3 is 2.20 bits per heavy atom. The van der Waals surface area contributed by atoms with E-state index in [1.165, 1.54) is 17.7 Å². The first-order chi connectivity index (χ1) is 11.9. The molecule has 0 bridgehead atoms. The molecule has 0 unspecified atom stereocenters. The zero-order valence-electron chi connectivity index (χ0n) is 14.6. The Kier molecular flexibility index (Phi) is 5.71. The Morgan fingerprint density at radius 1 is 1.00 bits per heavy atom. The fourth-order valence-corrected chi connectivity index (χ4v) is 5.01. The van der Waals surface area contributed by atoms with Gasteiger partial charge in [-0.1, -0.05) is 17.7 Å². The number of thioether (sulfide) groups is 1. The topological polar surface area (TPSA) is 49.4 Å². The van der Waals surface area contributed by atoms with Gasteiger partial charge in [0.25, 0.3) is 10.0 Å². The number of rotatable bonds is 5. The zero-order valence-corrected chi connectivity index (χ0v) is 16.2. The third kappa shape index (κ3) is 5.00. The molecule has 2 aromatic rings. The Labute approximate surface area is 154 Å². The lowest BCUT2D eigenvalue weighted by Crippen LogP contribution is -2.31. The fourth-order valence-electron chi connectivity index (χ4n) is 2.83. The van der Waals surface area contributed by atoms with Gasteiger partial charge in [0.2, 0.25) is 0 Å². The van der Waals surface area contributed by atoms with E-state index in [4.69, 9.17) is 0 Å². The molecule has 25 heavy (non-hydrogen) atoms. The Bertz CT molecular complexity index is 794. The van der Waals surface area contributed by atoms with E-state index >= 15 is 0 Å². The summed E-state index contributed by atoms with van der Waals surface area (Å²) in [6.07, 6.45) is 2.39. The molecule has 4 nitrogen and oxygen atoms in total. The predicted molar refractivity (Wildman–Crippen MR) is 105 cm³/mol. The van der Waals surface area contributed by atoms with Crippen LogP contribution >= 0.6 is 11.8 Å². The fraction of sp³-hybridized carbons (Fsp3) is 0.368. The summed E-state index contributed by atoms with van der Waals surface area (Å²) >= 11 is 1.89. The molecule has 134 valence electrons. The lowest BCUT2D eigenvalue weighted by atomic mass is 10.1. The van der Waals surface area contributed by atoms with E-state index in [1.54, 1.807) is 24.3 Å². The van der Waals surface area contributed by atoms with E-state index in [0.29, 0.717) is 10.9 Å². The van der Waals surface area contributed by atoms with Gasteiger partial charge < -0.3 is 4.90 Å². The van der Waals surface area contributed by atoms with Crippen molar-refractivity contribution in [1.29, 1.82) is 0 Å². The van der Waals surface area contributed by atoms with Gasteiger partial charge in [-0.05, 0) is 76.3 Å². The highest BCUT2D eigenvalue weighted by Gasteiger charge is 2.18. The van der Waals surface area contributed by atoms with E-state index in [9.17, 15) is 8.42 Å².